The van der Waals surface area contributed by atoms with Gasteiger partial charge in [0.25, 0.3) is 5.91 Å². The molecule has 0 radical (unpaired) electrons. The number of rotatable bonds is 3. The fourth-order valence-electron chi connectivity index (χ4n) is 4.85. The van der Waals surface area contributed by atoms with E-state index >= 15 is 0 Å². The molecule has 2 aliphatic rings. The van der Waals surface area contributed by atoms with Crippen molar-refractivity contribution in [1.29, 1.82) is 0 Å². The number of amides is 1. The Morgan fingerprint density at radius 2 is 2.13 bits per heavy atom. The number of nitrogens with one attached hydrogen (secondary N) is 1. The smallest absolute Gasteiger partial charge is 0.253 e. The van der Waals surface area contributed by atoms with E-state index in [-0.39, 0.29) is 11.3 Å². The summed E-state index contributed by atoms with van der Waals surface area (Å²) in [5, 5.41) is 8.12. The molecule has 1 unspecified atom stereocenters. The topological polar surface area (TPSA) is 74.4 Å². The Hall–Kier alpha value is -2.77. The van der Waals surface area contributed by atoms with E-state index < -0.39 is 0 Å². The van der Waals surface area contributed by atoms with Crippen molar-refractivity contribution < 1.29 is 9.53 Å². The molecule has 1 amide bonds. The molecular formula is C23H27N5O2. The first kappa shape index (κ1) is 19.2. The Morgan fingerprint density at radius 1 is 1.17 bits per heavy atom. The van der Waals surface area contributed by atoms with Gasteiger partial charge in [0.2, 0.25) is 0 Å². The van der Waals surface area contributed by atoms with Gasteiger partial charge in [-0.2, -0.15) is 5.10 Å². The molecule has 2 aromatic heterocycles. The van der Waals surface area contributed by atoms with E-state index in [0.29, 0.717) is 6.61 Å². The summed E-state index contributed by atoms with van der Waals surface area (Å²) < 4.78 is 6.01. The number of fused-ring (bicyclic) bond motifs is 1. The Balaban J connectivity index is 1.33. The van der Waals surface area contributed by atoms with Crippen LogP contribution in [-0.2, 0) is 11.3 Å². The zero-order valence-electron chi connectivity index (χ0n) is 17.1. The second-order valence-corrected chi connectivity index (χ2v) is 8.59. The van der Waals surface area contributed by atoms with Gasteiger partial charge in [-0.1, -0.05) is 6.07 Å². The van der Waals surface area contributed by atoms with Gasteiger partial charge >= 0.3 is 0 Å². The third-order valence-electron chi connectivity index (χ3n) is 6.27. The number of nitrogens with zero attached hydrogens (tertiary/aromatic N) is 4. The summed E-state index contributed by atoms with van der Waals surface area (Å²) >= 11 is 0. The molecule has 30 heavy (non-hydrogen) atoms. The first-order chi connectivity index (χ1) is 14.7. The molecule has 1 N–H and O–H groups in total. The average molecular weight is 406 g/mol. The highest BCUT2D eigenvalue weighted by atomic mass is 16.5. The zero-order valence-corrected chi connectivity index (χ0v) is 17.1. The highest BCUT2D eigenvalue weighted by molar-refractivity contribution is 5.98. The Morgan fingerprint density at radius 3 is 3.03 bits per heavy atom. The van der Waals surface area contributed by atoms with Gasteiger partial charge in [-0.15, -0.1) is 0 Å². The molecule has 0 bridgehead atoms. The maximum Gasteiger partial charge on any atom is 0.253 e. The average Bonchev–Trinajstić information content (AvgIpc) is 3.21. The van der Waals surface area contributed by atoms with Crippen molar-refractivity contribution in [1.82, 2.24) is 25.0 Å². The predicted octanol–water partition coefficient (Wildman–Crippen LogP) is 2.71. The molecule has 5 rings (SSSR count). The molecule has 2 fully saturated rings. The Labute approximate surface area is 176 Å². The van der Waals surface area contributed by atoms with Gasteiger partial charge in [-0.25, -0.2) is 0 Å². The number of hydrogen-bond acceptors (Lipinski definition) is 5. The molecule has 7 nitrogen and oxygen atoms in total. The highest BCUT2D eigenvalue weighted by Gasteiger charge is 2.40. The highest BCUT2D eigenvalue weighted by Crippen LogP contribution is 2.34. The van der Waals surface area contributed by atoms with Crippen LogP contribution in [0, 0.1) is 5.41 Å². The largest absolute Gasteiger partial charge is 0.379 e. The molecule has 7 heteroatoms. The van der Waals surface area contributed by atoms with Crippen LogP contribution in [0.25, 0.3) is 10.9 Å². The second kappa shape index (κ2) is 8.16. The summed E-state index contributed by atoms with van der Waals surface area (Å²) in [6.07, 6.45) is 5.65. The number of pyridine rings is 1. The number of carbonyl (C=O) groups is 1. The van der Waals surface area contributed by atoms with Gasteiger partial charge in [0.1, 0.15) is 0 Å². The normalized spacial score (nSPS) is 23.0. The fraction of sp³-hybridized carbons (Fsp3) is 0.435. The molecule has 4 heterocycles. The number of piperidine rings is 1. The maximum atomic E-state index is 13.3. The van der Waals surface area contributed by atoms with Crippen LogP contribution in [0.4, 0.5) is 0 Å². The van der Waals surface area contributed by atoms with E-state index in [1.54, 1.807) is 12.4 Å². The minimum atomic E-state index is -0.0250. The summed E-state index contributed by atoms with van der Waals surface area (Å²) in [6.45, 7) is 5.61. The summed E-state index contributed by atoms with van der Waals surface area (Å²) in [4.78, 5) is 22.1. The minimum Gasteiger partial charge on any atom is -0.379 e. The number of aromatic amines is 1. The SMILES string of the molecule is O=C(c1ccc2ncccc2c1)N1CCCC2(COCCN(Cc3ccn[nH]3)C2)C1. The van der Waals surface area contributed by atoms with Crippen molar-refractivity contribution in [2.24, 2.45) is 5.41 Å². The van der Waals surface area contributed by atoms with Crippen LogP contribution in [0.5, 0.6) is 0 Å². The quantitative estimate of drug-likeness (QED) is 0.725. The van der Waals surface area contributed by atoms with Crippen LogP contribution < -0.4 is 0 Å². The molecule has 0 saturated carbocycles. The lowest BCUT2D eigenvalue weighted by molar-refractivity contribution is 0.00691. The lowest BCUT2D eigenvalue weighted by Gasteiger charge is -2.43. The standard InChI is InChI=1S/C23H27N5O2/c29-22(19-4-5-21-18(13-19)3-1-8-24-21)28-10-2-7-23(16-28)15-27(11-12-30-17-23)14-20-6-9-25-26-20/h1,3-6,8-9,13H,2,7,10-12,14-17H2,(H,25,26). The number of benzene rings is 1. The van der Waals surface area contributed by atoms with Gasteiger partial charge in [0, 0.05) is 67.2 Å². The number of ether oxygens (including phenoxy) is 1. The van der Waals surface area contributed by atoms with E-state index in [2.05, 4.69) is 20.1 Å². The van der Waals surface area contributed by atoms with Crippen molar-refractivity contribution in [3.8, 4) is 0 Å². The molecule has 3 aromatic rings. The van der Waals surface area contributed by atoms with E-state index in [1.807, 2.05) is 41.3 Å². The Kier molecular flexibility index (Phi) is 5.23. The zero-order chi connectivity index (χ0) is 20.4. The second-order valence-electron chi connectivity index (χ2n) is 8.59. The lowest BCUT2D eigenvalue weighted by atomic mass is 9.79. The number of carbonyl (C=O) groups excluding carboxylic acids is 1. The number of likely N-dealkylation sites (tertiary alicyclic amines) is 1. The molecule has 1 spiro atoms. The van der Waals surface area contributed by atoms with Crippen LogP contribution in [0.1, 0.15) is 28.9 Å². The van der Waals surface area contributed by atoms with Gasteiger partial charge in [-0.05, 0) is 43.2 Å². The summed E-state index contributed by atoms with van der Waals surface area (Å²) in [6, 6.07) is 11.7. The summed E-state index contributed by atoms with van der Waals surface area (Å²) in [7, 11) is 0. The molecule has 2 aliphatic heterocycles. The molecular weight excluding hydrogens is 378 g/mol. The van der Waals surface area contributed by atoms with Crippen LogP contribution in [0.2, 0.25) is 0 Å². The minimum absolute atomic E-state index is 0.0250. The first-order valence-corrected chi connectivity index (χ1v) is 10.6. The van der Waals surface area contributed by atoms with Crippen molar-refractivity contribution in [3.05, 3.63) is 60.0 Å². The van der Waals surface area contributed by atoms with Crippen molar-refractivity contribution in [2.75, 3.05) is 39.4 Å². The van der Waals surface area contributed by atoms with Crippen LogP contribution in [-0.4, -0.2) is 70.3 Å². The van der Waals surface area contributed by atoms with Crippen molar-refractivity contribution in [3.63, 3.8) is 0 Å². The number of aromatic nitrogens is 3. The first-order valence-electron chi connectivity index (χ1n) is 10.6. The fourth-order valence-corrected chi connectivity index (χ4v) is 4.85. The third-order valence-corrected chi connectivity index (χ3v) is 6.27. The Bertz CT molecular complexity index is 1020. The molecule has 1 atom stereocenters. The van der Waals surface area contributed by atoms with Gasteiger partial charge in [0.05, 0.1) is 18.7 Å². The lowest BCUT2D eigenvalue weighted by Crippen LogP contribution is -2.52. The van der Waals surface area contributed by atoms with E-state index in [9.17, 15) is 4.79 Å². The van der Waals surface area contributed by atoms with Crippen LogP contribution >= 0.6 is 0 Å². The van der Waals surface area contributed by atoms with Crippen molar-refractivity contribution in [2.45, 2.75) is 19.4 Å². The molecule has 1 aromatic carbocycles. The van der Waals surface area contributed by atoms with Crippen LogP contribution in [0.3, 0.4) is 0 Å². The monoisotopic (exact) mass is 405 g/mol. The van der Waals surface area contributed by atoms with Crippen LogP contribution in [0.15, 0.2) is 48.8 Å². The molecule has 0 aliphatic carbocycles. The molecule has 156 valence electrons. The van der Waals surface area contributed by atoms with E-state index in [0.717, 1.165) is 74.3 Å². The number of H-pyrrole nitrogens is 1. The van der Waals surface area contributed by atoms with Crippen molar-refractivity contribution >= 4 is 16.8 Å². The predicted molar refractivity (Wildman–Crippen MR) is 114 cm³/mol. The third kappa shape index (κ3) is 3.95. The molecule has 2 saturated heterocycles. The van der Waals surface area contributed by atoms with Gasteiger partial charge in [-0.3, -0.25) is 19.8 Å². The van der Waals surface area contributed by atoms with E-state index in [1.165, 1.54) is 0 Å². The van der Waals surface area contributed by atoms with E-state index in [4.69, 9.17) is 4.74 Å². The summed E-state index contributed by atoms with van der Waals surface area (Å²) in [5.74, 6) is 0.101. The maximum absolute atomic E-state index is 13.3. The number of hydrogen-bond donors (Lipinski definition) is 1. The van der Waals surface area contributed by atoms with Gasteiger partial charge in [0.15, 0.2) is 0 Å². The summed E-state index contributed by atoms with van der Waals surface area (Å²) in [5.41, 5.74) is 2.73. The van der Waals surface area contributed by atoms with Gasteiger partial charge < -0.3 is 9.64 Å².